The Balaban J connectivity index is 1.92. The van der Waals surface area contributed by atoms with E-state index in [0.717, 1.165) is 32.6 Å². The van der Waals surface area contributed by atoms with Crippen LogP contribution in [0.3, 0.4) is 0 Å². The number of nitrogens with zero attached hydrogens (tertiary/aromatic N) is 2. The van der Waals surface area contributed by atoms with Gasteiger partial charge in [-0.25, -0.2) is 4.79 Å². The van der Waals surface area contributed by atoms with Crippen molar-refractivity contribution < 1.29 is 14.6 Å². The maximum atomic E-state index is 12.1. The molecule has 2 aliphatic heterocycles. The first-order chi connectivity index (χ1) is 9.37. The number of hydrogen-bond donors (Lipinski definition) is 2. The maximum absolute atomic E-state index is 12.1. The molecule has 2 heterocycles. The molecule has 0 aromatic heterocycles. The number of carbonyl (C=O) groups excluding carboxylic acids is 1. The molecule has 2 rings (SSSR count). The minimum absolute atomic E-state index is 0.0300. The fourth-order valence-corrected chi connectivity index (χ4v) is 2.80. The Morgan fingerprint density at radius 2 is 2.00 bits per heavy atom. The average Bonchev–Trinajstić information content (AvgIpc) is 2.57. The average molecular weight is 285 g/mol. The standard InChI is InChI=1S/C14H27N3O3/c1-14(2,3)20-13(19)17-9-11(12(18)10-17)16-7-4-5-15-6-8-16/h11-12,15,18H,4-10H2,1-3H3/t11-,12-/m1/s1. The van der Waals surface area contributed by atoms with Crippen LogP contribution in [0.25, 0.3) is 0 Å². The van der Waals surface area contributed by atoms with Crippen LogP contribution in [0.1, 0.15) is 27.2 Å². The van der Waals surface area contributed by atoms with Gasteiger partial charge in [0.25, 0.3) is 0 Å². The minimum atomic E-state index is -0.493. The molecule has 2 fully saturated rings. The molecule has 20 heavy (non-hydrogen) atoms. The molecule has 0 radical (unpaired) electrons. The molecule has 0 aliphatic carbocycles. The van der Waals surface area contributed by atoms with Gasteiger partial charge in [0.1, 0.15) is 5.60 Å². The van der Waals surface area contributed by atoms with Gasteiger partial charge in [-0.3, -0.25) is 4.90 Å². The zero-order valence-electron chi connectivity index (χ0n) is 12.8. The van der Waals surface area contributed by atoms with E-state index in [4.69, 9.17) is 4.74 Å². The van der Waals surface area contributed by atoms with Crippen molar-refractivity contribution in [1.82, 2.24) is 15.1 Å². The number of nitrogens with one attached hydrogen (secondary N) is 1. The molecule has 0 bridgehead atoms. The Hall–Kier alpha value is -0.850. The van der Waals surface area contributed by atoms with Crippen LogP contribution >= 0.6 is 0 Å². The van der Waals surface area contributed by atoms with E-state index in [2.05, 4.69) is 10.2 Å². The molecule has 2 N–H and O–H groups in total. The molecule has 2 atom stereocenters. The van der Waals surface area contributed by atoms with Gasteiger partial charge in [-0.05, 0) is 40.3 Å². The number of ether oxygens (including phenoxy) is 1. The Kier molecular flexibility index (Phi) is 4.88. The number of carbonyl (C=O) groups is 1. The second-order valence-electron chi connectivity index (χ2n) is 6.66. The summed E-state index contributed by atoms with van der Waals surface area (Å²) in [5.41, 5.74) is -0.493. The van der Waals surface area contributed by atoms with E-state index in [1.807, 2.05) is 20.8 Å². The number of β-amino-alcohol motifs (C(OH)–C–C–N with tert-alkyl or cyclic N) is 1. The van der Waals surface area contributed by atoms with Crippen molar-refractivity contribution in [1.29, 1.82) is 0 Å². The van der Waals surface area contributed by atoms with Crippen LogP contribution in [0.15, 0.2) is 0 Å². The van der Waals surface area contributed by atoms with Gasteiger partial charge in [0.2, 0.25) is 0 Å². The number of likely N-dealkylation sites (tertiary alicyclic amines) is 1. The van der Waals surface area contributed by atoms with E-state index in [1.165, 1.54) is 0 Å². The first kappa shape index (κ1) is 15.5. The lowest BCUT2D eigenvalue weighted by atomic mass is 10.2. The van der Waals surface area contributed by atoms with Gasteiger partial charge in [0.15, 0.2) is 0 Å². The zero-order chi connectivity index (χ0) is 14.8. The van der Waals surface area contributed by atoms with Crippen LogP contribution in [0.5, 0.6) is 0 Å². The highest BCUT2D eigenvalue weighted by Gasteiger charge is 2.39. The van der Waals surface area contributed by atoms with E-state index in [1.54, 1.807) is 4.90 Å². The first-order valence-corrected chi connectivity index (χ1v) is 7.47. The van der Waals surface area contributed by atoms with Crippen LogP contribution in [0.4, 0.5) is 4.79 Å². The summed E-state index contributed by atoms with van der Waals surface area (Å²) in [6.45, 7) is 10.3. The molecule has 116 valence electrons. The SMILES string of the molecule is CC(C)(C)OC(=O)N1C[C@@H](O)[C@H](N2CCCNCC2)C1. The Morgan fingerprint density at radius 1 is 1.25 bits per heavy atom. The molecule has 2 saturated heterocycles. The van der Waals surface area contributed by atoms with Gasteiger partial charge in [-0.15, -0.1) is 0 Å². The highest BCUT2D eigenvalue weighted by Crippen LogP contribution is 2.20. The molecular weight excluding hydrogens is 258 g/mol. The monoisotopic (exact) mass is 285 g/mol. The third kappa shape index (κ3) is 4.07. The van der Waals surface area contributed by atoms with Crippen molar-refractivity contribution >= 4 is 6.09 Å². The van der Waals surface area contributed by atoms with Crippen LogP contribution in [0, 0.1) is 0 Å². The highest BCUT2D eigenvalue weighted by molar-refractivity contribution is 5.68. The summed E-state index contributed by atoms with van der Waals surface area (Å²) >= 11 is 0. The van der Waals surface area contributed by atoms with Crippen LogP contribution in [0.2, 0.25) is 0 Å². The third-order valence-electron chi connectivity index (χ3n) is 3.75. The Labute approximate surface area is 121 Å². The van der Waals surface area contributed by atoms with Gasteiger partial charge in [0, 0.05) is 19.6 Å². The topological polar surface area (TPSA) is 65.0 Å². The van der Waals surface area contributed by atoms with Gasteiger partial charge < -0.3 is 20.1 Å². The van der Waals surface area contributed by atoms with Crippen molar-refractivity contribution in [2.75, 3.05) is 39.3 Å². The smallest absolute Gasteiger partial charge is 0.410 e. The van der Waals surface area contributed by atoms with Crippen molar-refractivity contribution in [3.63, 3.8) is 0 Å². The lowest BCUT2D eigenvalue weighted by molar-refractivity contribution is 0.0269. The number of aliphatic hydroxyl groups is 1. The van der Waals surface area contributed by atoms with E-state index in [0.29, 0.717) is 13.1 Å². The quantitative estimate of drug-likeness (QED) is 0.723. The van der Waals surface area contributed by atoms with E-state index >= 15 is 0 Å². The predicted octanol–water partition coefficient (Wildman–Crippen LogP) is 0.262. The molecule has 1 amide bonds. The molecule has 6 nitrogen and oxygen atoms in total. The molecular formula is C14H27N3O3. The summed E-state index contributed by atoms with van der Waals surface area (Å²) in [5, 5.41) is 13.6. The van der Waals surface area contributed by atoms with Gasteiger partial charge in [-0.1, -0.05) is 0 Å². The molecule has 0 aromatic rings. The lowest BCUT2D eigenvalue weighted by Crippen LogP contribution is -2.45. The second kappa shape index (κ2) is 6.28. The molecule has 0 saturated carbocycles. The van der Waals surface area contributed by atoms with E-state index in [9.17, 15) is 9.90 Å². The third-order valence-corrected chi connectivity index (χ3v) is 3.75. The van der Waals surface area contributed by atoms with Gasteiger partial charge >= 0.3 is 6.09 Å². The van der Waals surface area contributed by atoms with Crippen LogP contribution in [-0.2, 0) is 4.74 Å². The maximum Gasteiger partial charge on any atom is 0.410 e. The normalized spacial score (nSPS) is 29.3. The minimum Gasteiger partial charge on any atom is -0.444 e. The van der Waals surface area contributed by atoms with Crippen LogP contribution in [-0.4, -0.2) is 78.0 Å². The highest BCUT2D eigenvalue weighted by atomic mass is 16.6. The van der Waals surface area contributed by atoms with E-state index < -0.39 is 11.7 Å². The lowest BCUT2D eigenvalue weighted by Gasteiger charge is -2.29. The molecule has 0 aromatic carbocycles. The van der Waals surface area contributed by atoms with Crippen molar-refractivity contribution in [3.05, 3.63) is 0 Å². The fourth-order valence-electron chi connectivity index (χ4n) is 2.80. The number of amides is 1. The zero-order valence-corrected chi connectivity index (χ0v) is 12.8. The van der Waals surface area contributed by atoms with Crippen molar-refractivity contribution in [2.45, 2.75) is 44.9 Å². The first-order valence-electron chi connectivity index (χ1n) is 7.47. The summed E-state index contributed by atoms with van der Waals surface area (Å²) in [6, 6.07) is 0.0300. The summed E-state index contributed by atoms with van der Waals surface area (Å²) in [4.78, 5) is 16.0. The number of rotatable bonds is 1. The van der Waals surface area contributed by atoms with Gasteiger partial charge in [-0.2, -0.15) is 0 Å². The Bertz CT molecular complexity index is 335. The Morgan fingerprint density at radius 3 is 2.70 bits per heavy atom. The fraction of sp³-hybridized carbons (Fsp3) is 0.929. The number of hydrogen-bond acceptors (Lipinski definition) is 5. The van der Waals surface area contributed by atoms with Gasteiger partial charge in [0.05, 0.1) is 18.7 Å². The molecule has 0 spiro atoms. The summed E-state index contributed by atoms with van der Waals surface area (Å²) in [7, 11) is 0. The molecule has 0 unspecified atom stereocenters. The second-order valence-corrected chi connectivity index (χ2v) is 6.66. The predicted molar refractivity (Wildman–Crippen MR) is 76.7 cm³/mol. The summed E-state index contributed by atoms with van der Waals surface area (Å²) < 4.78 is 5.38. The van der Waals surface area contributed by atoms with Crippen LogP contribution < -0.4 is 5.32 Å². The summed E-state index contributed by atoms with van der Waals surface area (Å²) in [6.07, 6.45) is 0.267. The van der Waals surface area contributed by atoms with E-state index in [-0.39, 0.29) is 12.1 Å². The largest absolute Gasteiger partial charge is 0.444 e. The molecule has 2 aliphatic rings. The van der Waals surface area contributed by atoms with Crippen molar-refractivity contribution in [2.24, 2.45) is 0 Å². The number of aliphatic hydroxyl groups excluding tert-OH is 1. The van der Waals surface area contributed by atoms with Crippen molar-refractivity contribution in [3.8, 4) is 0 Å². The molecule has 6 heteroatoms. The summed E-state index contributed by atoms with van der Waals surface area (Å²) in [5.74, 6) is 0.